The van der Waals surface area contributed by atoms with Crippen molar-refractivity contribution in [3.63, 3.8) is 0 Å². The lowest BCUT2D eigenvalue weighted by molar-refractivity contribution is -0.174. The molecule has 11 nitrogen and oxygen atoms in total. The van der Waals surface area contributed by atoms with Crippen LogP contribution in [0.3, 0.4) is 0 Å². The number of nitrogens with one attached hydrogen (secondary N) is 2. The van der Waals surface area contributed by atoms with Crippen LogP contribution >= 0.6 is 0 Å². The van der Waals surface area contributed by atoms with E-state index < -0.39 is 25.4 Å². The lowest BCUT2D eigenvalue weighted by Crippen LogP contribution is -2.49. The van der Waals surface area contributed by atoms with E-state index in [0.717, 1.165) is 0 Å². The van der Waals surface area contributed by atoms with Gasteiger partial charge in [0.1, 0.15) is 35.5 Å². The van der Waals surface area contributed by atoms with Crippen molar-refractivity contribution in [3.05, 3.63) is 24.3 Å². The SMILES string of the molecule is CC1CN(c2nc(Nc3ccncn3)c3c(n2)c(COCCCC(F)(F)F)nn3CCOCC(F)(F)F)CCN1. The fraction of sp³-hybridized carbons (Fsp3) is 0.609. The van der Waals surface area contributed by atoms with Crippen molar-refractivity contribution < 1.29 is 35.8 Å². The van der Waals surface area contributed by atoms with Gasteiger partial charge in [0.15, 0.2) is 5.82 Å². The molecule has 2 N–H and O–H groups in total. The molecule has 0 radical (unpaired) electrons. The number of ether oxygens (including phenoxy) is 2. The molecule has 1 atom stereocenters. The maximum Gasteiger partial charge on any atom is 0.411 e. The number of anilines is 3. The molecular formula is C23H29F6N9O2. The van der Waals surface area contributed by atoms with E-state index in [-0.39, 0.29) is 44.6 Å². The van der Waals surface area contributed by atoms with Gasteiger partial charge >= 0.3 is 12.4 Å². The molecular weight excluding hydrogens is 548 g/mol. The molecule has 0 saturated carbocycles. The van der Waals surface area contributed by atoms with Crippen LogP contribution in [0.15, 0.2) is 18.6 Å². The van der Waals surface area contributed by atoms with Gasteiger partial charge in [-0.2, -0.15) is 36.4 Å². The van der Waals surface area contributed by atoms with Crippen molar-refractivity contribution in [1.82, 2.24) is 35.0 Å². The highest BCUT2D eigenvalue weighted by molar-refractivity contribution is 5.90. The molecule has 1 saturated heterocycles. The summed E-state index contributed by atoms with van der Waals surface area (Å²) < 4.78 is 87.0. The molecule has 4 heterocycles. The van der Waals surface area contributed by atoms with E-state index >= 15 is 0 Å². The first-order valence-electron chi connectivity index (χ1n) is 12.6. The van der Waals surface area contributed by atoms with Gasteiger partial charge in [-0.3, -0.25) is 4.68 Å². The van der Waals surface area contributed by atoms with Crippen molar-refractivity contribution in [1.29, 1.82) is 0 Å². The van der Waals surface area contributed by atoms with E-state index in [4.69, 9.17) is 19.4 Å². The van der Waals surface area contributed by atoms with Crippen LogP contribution in [0.1, 0.15) is 25.5 Å². The first-order chi connectivity index (χ1) is 19.0. The fourth-order valence-corrected chi connectivity index (χ4v) is 4.10. The molecule has 1 aliphatic heterocycles. The summed E-state index contributed by atoms with van der Waals surface area (Å²) in [6, 6.07) is 1.77. The summed E-state index contributed by atoms with van der Waals surface area (Å²) in [7, 11) is 0. The molecule has 0 amide bonds. The Bertz CT molecular complexity index is 1240. The quantitative estimate of drug-likeness (QED) is 0.245. The van der Waals surface area contributed by atoms with Gasteiger partial charge in [0.05, 0.1) is 19.8 Å². The van der Waals surface area contributed by atoms with Crippen LogP contribution < -0.4 is 15.5 Å². The van der Waals surface area contributed by atoms with Crippen molar-refractivity contribution in [2.45, 2.75) is 51.3 Å². The summed E-state index contributed by atoms with van der Waals surface area (Å²) in [5.41, 5.74) is 1.00. The molecule has 1 aliphatic rings. The number of hydrogen-bond acceptors (Lipinski definition) is 10. The van der Waals surface area contributed by atoms with Crippen LogP contribution in [0.25, 0.3) is 11.0 Å². The second-order valence-corrected chi connectivity index (χ2v) is 9.20. The van der Waals surface area contributed by atoms with Crippen molar-refractivity contribution >= 4 is 28.6 Å². The van der Waals surface area contributed by atoms with E-state index in [1.54, 1.807) is 6.07 Å². The molecule has 0 aliphatic carbocycles. The fourth-order valence-electron chi connectivity index (χ4n) is 4.10. The van der Waals surface area contributed by atoms with Gasteiger partial charge in [-0.1, -0.05) is 0 Å². The monoisotopic (exact) mass is 577 g/mol. The largest absolute Gasteiger partial charge is 0.411 e. The van der Waals surface area contributed by atoms with E-state index in [2.05, 4.69) is 25.7 Å². The first kappa shape index (κ1) is 29.7. The highest BCUT2D eigenvalue weighted by atomic mass is 19.4. The number of hydrogen-bond donors (Lipinski definition) is 2. The highest BCUT2D eigenvalue weighted by Crippen LogP contribution is 2.29. The molecule has 3 aromatic rings. The molecule has 220 valence electrons. The zero-order chi connectivity index (χ0) is 28.8. The van der Waals surface area contributed by atoms with Gasteiger partial charge in [-0.15, -0.1) is 0 Å². The minimum Gasteiger partial charge on any atom is -0.375 e. The second kappa shape index (κ2) is 12.9. The Morgan fingerprint density at radius 2 is 1.93 bits per heavy atom. The summed E-state index contributed by atoms with van der Waals surface area (Å²) in [6.45, 7) is 1.81. The van der Waals surface area contributed by atoms with E-state index in [1.807, 2.05) is 11.8 Å². The Labute approximate surface area is 225 Å². The number of nitrogens with zero attached hydrogens (tertiary/aromatic N) is 7. The summed E-state index contributed by atoms with van der Waals surface area (Å²) >= 11 is 0. The Hall–Kier alpha value is -3.31. The summed E-state index contributed by atoms with van der Waals surface area (Å²) in [4.78, 5) is 19.4. The van der Waals surface area contributed by atoms with Gasteiger partial charge in [-0.05, 0) is 19.4 Å². The van der Waals surface area contributed by atoms with E-state index in [1.165, 1.54) is 17.2 Å². The predicted molar refractivity (Wildman–Crippen MR) is 132 cm³/mol. The Morgan fingerprint density at radius 1 is 1.10 bits per heavy atom. The molecule has 4 rings (SSSR count). The third-order valence-electron chi connectivity index (χ3n) is 5.83. The maximum atomic E-state index is 12.6. The van der Waals surface area contributed by atoms with E-state index in [0.29, 0.717) is 48.1 Å². The number of fused-ring (bicyclic) bond motifs is 1. The van der Waals surface area contributed by atoms with Gasteiger partial charge in [0.2, 0.25) is 5.95 Å². The van der Waals surface area contributed by atoms with Crippen LogP contribution in [0, 0.1) is 0 Å². The number of halogens is 6. The molecule has 0 spiro atoms. The van der Waals surface area contributed by atoms with Crippen LogP contribution in [0.2, 0.25) is 0 Å². The maximum absolute atomic E-state index is 12.6. The number of rotatable bonds is 12. The van der Waals surface area contributed by atoms with Crippen molar-refractivity contribution in [2.75, 3.05) is 49.7 Å². The zero-order valence-corrected chi connectivity index (χ0v) is 21.6. The van der Waals surface area contributed by atoms with Crippen LogP contribution in [0.5, 0.6) is 0 Å². The van der Waals surface area contributed by atoms with Gasteiger partial charge < -0.3 is 25.0 Å². The normalized spacial score (nSPS) is 16.6. The molecule has 0 bridgehead atoms. The number of aromatic nitrogens is 6. The molecule has 1 fully saturated rings. The average Bonchev–Trinajstić information content (AvgIpc) is 3.23. The van der Waals surface area contributed by atoms with E-state index in [9.17, 15) is 26.3 Å². The highest BCUT2D eigenvalue weighted by Gasteiger charge is 2.28. The van der Waals surface area contributed by atoms with Crippen LogP contribution in [-0.4, -0.2) is 87.6 Å². The summed E-state index contributed by atoms with van der Waals surface area (Å²) in [5, 5.41) is 10.9. The molecule has 17 heteroatoms. The van der Waals surface area contributed by atoms with Crippen molar-refractivity contribution in [2.24, 2.45) is 0 Å². The average molecular weight is 578 g/mol. The Balaban J connectivity index is 1.68. The molecule has 1 unspecified atom stereocenters. The number of alkyl halides is 6. The Morgan fingerprint density at radius 3 is 2.62 bits per heavy atom. The molecule has 40 heavy (non-hydrogen) atoms. The van der Waals surface area contributed by atoms with Gasteiger partial charge in [0, 0.05) is 44.9 Å². The van der Waals surface area contributed by atoms with Gasteiger partial charge in [0.25, 0.3) is 0 Å². The lowest BCUT2D eigenvalue weighted by atomic mass is 10.2. The molecule has 0 aromatic carbocycles. The second-order valence-electron chi connectivity index (χ2n) is 9.20. The first-order valence-corrected chi connectivity index (χ1v) is 12.6. The minimum atomic E-state index is -4.49. The predicted octanol–water partition coefficient (Wildman–Crippen LogP) is 3.60. The topological polar surface area (TPSA) is 115 Å². The van der Waals surface area contributed by atoms with Crippen molar-refractivity contribution in [3.8, 4) is 0 Å². The summed E-state index contributed by atoms with van der Waals surface area (Å²) in [5.74, 6) is 1.07. The van der Waals surface area contributed by atoms with Crippen LogP contribution in [-0.2, 0) is 22.6 Å². The standard InChI is InChI=1S/C23H29F6N9O2/c1-15-11-37(7-6-31-15)21-34-18-16(12-39-9-2-4-22(24,25)26)36-38(8-10-40-13-23(27,28)29)19(18)20(35-21)33-17-3-5-30-14-32-17/h3,5,14-15,31H,2,4,6-13H2,1H3,(H,30,32,33,34,35). The summed E-state index contributed by atoms with van der Waals surface area (Å²) in [6.07, 6.45) is -7.14. The van der Waals surface area contributed by atoms with Crippen LogP contribution in [0.4, 0.5) is 43.9 Å². The van der Waals surface area contributed by atoms with Gasteiger partial charge in [-0.25, -0.2) is 15.0 Å². The lowest BCUT2D eigenvalue weighted by Gasteiger charge is -2.32. The third kappa shape index (κ3) is 8.59. The molecule has 3 aromatic heterocycles. The number of piperazine rings is 1. The minimum absolute atomic E-state index is 0.0769. The zero-order valence-electron chi connectivity index (χ0n) is 21.6. The Kier molecular flexibility index (Phi) is 9.57. The smallest absolute Gasteiger partial charge is 0.375 e. The third-order valence-corrected chi connectivity index (χ3v) is 5.83.